The van der Waals surface area contributed by atoms with Crippen LogP contribution in [0.4, 0.5) is 0 Å². The Kier molecular flexibility index (Phi) is 4.08. The predicted molar refractivity (Wildman–Crippen MR) is 61.6 cm³/mol. The van der Waals surface area contributed by atoms with Gasteiger partial charge >= 0.3 is 5.97 Å². The first kappa shape index (κ1) is 12.0. The number of rotatable bonds is 5. The van der Waals surface area contributed by atoms with E-state index >= 15 is 0 Å². The summed E-state index contributed by atoms with van der Waals surface area (Å²) in [5, 5.41) is 9.97. The fourth-order valence-electron chi connectivity index (χ4n) is 2.00. The molecule has 1 aromatic rings. The van der Waals surface area contributed by atoms with Crippen molar-refractivity contribution < 1.29 is 9.53 Å². The Morgan fingerprint density at radius 2 is 2.47 bits per heavy atom. The monoisotopic (exact) mass is 238 g/mol. The van der Waals surface area contributed by atoms with E-state index in [4.69, 9.17) is 4.74 Å². The van der Waals surface area contributed by atoms with Crippen molar-refractivity contribution >= 4 is 5.97 Å². The number of esters is 1. The summed E-state index contributed by atoms with van der Waals surface area (Å²) < 4.78 is 4.83. The fourth-order valence-corrected chi connectivity index (χ4v) is 2.00. The van der Waals surface area contributed by atoms with Crippen LogP contribution in [0.25, 0.3) is 0 Å². The Balaban J connectivity index is 1.83. The minimum atomic E-state index is -0.461. The maximum Gasteiger partial charge on any atom is 0.378 e. The number of nitrogens with zero attached hydrogens (tertiary/aromatic N) is 2. The van der Waals surface area contributed by atoms with Gasteiger partial charge in [0.2, 0.25) is 0 Å². The molecule has 6 heteroatoms. The van der Waals surface area contributed by atoms with Crippen molar-refractivity contribution in [2.24, 2.45) is 5.92 Å². The van der Waals surface area contributed by atoms with Crippen LogP contribution < -0.4 is 5.32 Å². The molecule has 1 atom stereocenters. The van der Waals surface area contributed by atoms with Crippen LogP contribution in [-0.2, 0) is 11.2 Å². The molecule has 1 aliphatic heterocycles. The highest BCUT2D eigenvalue weighted by Gasteiger charge is 2.17. The van der Waals surface area contributed by atoms with Gasteiger partial charge in [-0.15, -0.1) is 5.10 Å². The van der Waals surface area contributed by atoms with E-state index in [1.807, 2.05) is 0 Å². The van der Waals surface area contributed by atoms with Gasteiger partial charge < -0.3 is 10.1 Å². The van der Waals surface area contributed by atoms with E-state index in [0.717, 1.165) is 31.8 Å². The molecule has 1 unspecified atom stereocenters. The lowest BCUT2D eigenvalue weighted by Gasteiger charge is -2.04. The van der Waals surface area contributed by atoms with E-state index in [9.17, 15) is 4.79 Å². The van der Waals surface area contributed by atoms with Crippen LogP contribution in [0.2, 0.25) is 0 Å². The van der Waals surface area contributed by atoms with Gasteiger partial charge in [0.25, 0.3) is 5.82 Å². The Morgan fingerprint density at radius 3 is 3.18 bits per heavy atom. The van der Waals surface area contributed by atoms with Gasteiger partial charge in [-0.05, 0) is 38.8 Å². The first-order chi connectivity index (χ1) is 8.29. The van der Waals surface area contributed by atoms with Crippen molar-refractivity contribution in [3.63, 3.8) is 0 Å². The molecular formula is C11H18N4O2. The van der Waals surface area contributed by atoms with Gasteiger partial charge in [0, 0.05) is 6.42 Å². The molecule has 0 bridgehead atoms. The average molecular weight is 238 g/mol. The Hall–Kier alpha value is -1.43. The molecule has 17 heavy (non-hydrogen) atoms. The van der Waals surface area contributed by atoms with E-state index in [1.54, 1.807) is 6.92 Å². The molecule has 1 saturated heterocycles. The number of H-pyrrole nitrogens is 1. The van der Waals surface area contributed by atoms with Gasteiger partial charge in [-0.25, -0.2) is 9.78 Å². The maximum absolute atomic E-state index is 11.3. The molecule has 0 spiro atoms. The van der Waals surface area contributed by atoms with Crippen molar-refractivity contribution in [3.8, 4) is 0 Å². The molecule has 0 aliphatic carbocycles. The van der Waals surface area contributed by atoms with Crippen LogP contribution in [0.5, 0.6) is 0 Å². The summed E-state index contributed by atoms with van der Waals surface area (Å²) in [5.41, 5.74) is 0. The molecule has 1 aromatic heterocycles. The summed E-state index contributed by atoms with van der Waals surface area (Å²) in [6.07, 6.45) is 3.13. The summed E-state index contributed by atoms with van der Waals surface area (Å²) in [4.78, 5) is 15.5. The van der Waals surface area contributed by atoms with E-state index in [-0.39, 0.29) is 5.82 Å². The minimum Gasteiger partial charge on any atom is -0.460 e. The number of aromatic nitrogens is 3. The van der Waals surface area contributed by atoms with Gasteiger partial charge in [0.05, 0.1) is 6.61 Å². The molecule has 0 radical (unpaired) electrons. The van der Waals surface area contributed by atoms with Gasteiger partial charge in [-0.2, -0.15) is 0 Å². The third kappa shape index (κ3) is 3.26. The second kappa shape index (κ2) is 5.77. The molecular weight excluding hydrogens is 220 g/mol. The number of hydrogen-bond acceptors (Lipinski definition) is 5. The summed E-state index contributed by atoms with van der Waals surface area (Å²) in [6, 6.07) is 0. The molecule has 0 aromatic carbocycles. The number of carbonyl (C=O) groups excluding carboxylic acids is 1. The third-order valence-electron chi connectivity index (χ3n) is 2.94. The van der Waals surface area contributed by atoms with Crippen molar-refractivity contribution in [3.05, 3.63) is 11.6 Å². The van der Waals surface area contributed by atoms with E-state index < -0.39 is 5.97 Å². The lowest BCUT2D eigenvalue weighted by Crippen LogP contribution is -2.10. The smallest absolute Gasteiger partial charge is 0.378 e. The molecule has 6 nitrogen and oxygen atoms in total. The summed E-state index contributed by atoms with van der Waals surface area (Å²) in [7, 11) is 0. The third-order valence-corrected chi connectivity index (χ3v) is 2.94. The molecule has 0 amide bonds. The number of nitrogens with one attached hydrogen (secondary N) is 2. The second-order valence-corrected chi connectivity index (χ2v) is 4.22. The quantitative estimate of drug-likeness (QED) is 0.731. The van der Waals surface area contributed by atoms with E-state index in [1.165, 1.54) is 6.42 Å². The number of ether oxygens (including phenoxy) is 1. The van der Waals surface area contributed by atoms with E-state index in [2.05, 4.69) is 20.5 Å². The zero-order valence-electron chi connectivity index (χ0n) is 10.0. The standard InChI is InChI=1S/C11H18N4O2/c1-2-17-11(16)10-13-9(14-15-10)4-3-8-5-6-12-7-8/h8,12H,2-7H2,1H3,(H,13,14,15). The van der Waals surface area contributed by atoms with Crippen LogP contribution in [0, 0.1) is 5.92 Å². The van der Waals surface area contributed by atoms with Crippen molar-refractivity contribution in [1.82, 2.24) is 20.5 Å². The molecule has 2 heterocycles. The van der Waals surface area contributed by atoms with Crippen molar-refractivity contribution in [2.45, 2.75) is 26.2 Å². The molecule has 2 rings (SSSR count). The van der Waals surface area contributed by atoms with Gasteiger partial charge in [-0.3, -0.25) is 5.10 Å². The second-order valence-electron chi connectivity index (χ2n) is 4.22. The van der Waals surface area contributed by atoms with Gasteiger partial charge in [0.15, 0.2) is 0 Å². The Morgan fingerprint density at radius 1 is 1.59 bits per heavy atom. The Bertz CT molecular complexity index is 371. The zero-order chi connectivity index (χ0) is 12.1. The van der Waals surface area contributed by atoms with Crippen molar-refractivity contribution in [1.29, 1.82) is 0 Å². The van der Waals surface area contributed by atoms with Gasteiger partial charge in [-0.1, -0.05) is 0 Å². The lowest BCUT2D eigenvalue weighted by atomic mass is 10.0. The summed E-state index contributed by atoms with van der Waals surface area (Å²) in [5.74, 6) is 1.15. The van der Waals surface area contributed by atoms with Crippen LogP contribution in [-0.4, -0.2) is 40.8 Å². The molecule has 2 N–H and O–H groups in total. The SMILES string of the molecule is CCOC(=O)c1n[nH]c(CCC2CCNC2)n1. The largest absolute Gasteiger partial charge is 0.460 e. The minimum absolute atomic E-state index is 0.131. The van der Waals surface area contributed by atoms with Crippen molar-refractivity contribution in [2.75, 3.05) is 19.7 Å². The normalized spacial score (nSPS) is 19.5. The average Bonchev–Trinajstić information content (AvgIpc) is 2.98. The van der Waals surface area contributed by atoms with Crippen LogP contribution in [0.1, 0.15) is 36.2 Å². The molecule has 0 saturated carbocycles. The molecule has 1 fully saturated rings. The predicted octanol–water partition coefficient (Wildman–Crippen LogP) is 0.523. The first-order valence-corrected chi connectivity index (χ1v) is 6.08. The fraction of sp³-hybridized carbons (Fsp3) is 0.727. The number of carbonyl (C=O) groups is 1. The topological polar surface area (TPSA) is 79.9 Å². The van der Waals surface area contributed by atoms with Gasteiger partial charge in [0.1, 0.15) is 5.82 Å². The van der Waals surface area contributed by atoms with Crippen LogP contribution in [0.3, 0.4) is 0 Å². The number of aryl methyl sites for hydroxylation is 1. The maximum atomic E-state index is 11.3. The summed E-state index contributed by atoms with van der Waals surface area (Å²) >= 11 is 0. The highest BCUT2D eigenvalue weighted by molar-refractivity contribution is 5.84. The first-order valence-electron chi connectivity index (χ1n) is 6.08. The van der Waals surface area contributed by atoms with Crippen LogP contribution >= 0.6 is 0 Å². The highest BCUT2D eigenvalue weighted by Crippen LogP contribution is 2.14. The number of aromatic amines is 1. The van der Waals surface area contributed by atoms with E-state index in [0.29, 0.717) is 12.5 Å². The number of hydrogen-bond donors (Lipinski definition) is 2. The van der Waals surface area contributed by atoms with Crippen LogP contribution in [0.15, 0.2) is 0 Å². The molecule has 94 valence electrons. The summed E-state index contributed by atoms with van der Waals surface area (Å²) in [6.45, 7) is 4.29. The Labute approximate surface area is 100 Å². The molecule has 1 aliphatic rings. The lowest BCUT2D eigenvalue weighted by molar-refractivity contribution is 0.0512. The highest BCUT2D eigenvalue weighted by atomic mass is 16.5. The zero-order valence-corrected chi connectivity index (χ0v) is 10.0.